The Kier molecular flexibility index (Phi) is 3.40. The number of hydrogen-bond acceptors (Lipinski definition) is 3. The summed E-state index contributed by atoms with van der Waals surface area (Å²) < 4.78 is 0. The van der Waals surface area contributed by atoms with Crippen molar-refractivity contribution in [1.82, 2.24) is 4.90 Å². The molecule has 2 heterocycles. The van der Waals surface area contributed by atoms with Gasteiger partial charge in [-0.05, 0) is 56.6 Å². The second-order valence-electron chi connectivity index (χ2n) is 6.29. The van der Waals surface area contributed by atoms with Gasteiger partial charge in [0.1, 0.15) is 0 Å². The molecule has 1 aromatic rings. The van der Waals surface area contributed by atoms with Crippen molar-refractivity contribution in [2.24, 2.45) is 5.92 Å². The lowest BCUT2D eigenvalue weighted by Crippen LogP contribution is -2.34. The van der Waals surface area contributed by atoms with Crippen LogP contribution in [0.1, 0.15) is 18.9 Å². The first-order chi connectivity index (χ1) is 9.15. The molecule has 0 bridgehead atoms. The Balaban J connectivity index is 1.80. The second kappa shape index (κ2) is 5.04. The number of likely N-dealkylation sites (N-methyl/N-ethyl adjacent to an activating group) is 1. The van der Waals surface area contributed by atoms with Crippen LogP contribution >= 0.6 is 0 Å². The molecule has 0 aliphatic carbocycles. The van der Waals surface area contributed by atoms with Crippen LogP contribution in [-0.4, -0.2) is 44.7 Å². The predicted molar refractivity (Wildman–Crippen MR) is 82.1 cm³/mol. The highest BCUT2D eigenvalue weighted by Gasteiger charge is 2.31. The lowest BCUT2D eigenvalue weighted by molar-refractivity contribution is 0.266. The van der Waals surface area contributed by atoms with E-state index in [1.165, 1.54) is 36.3 Å². The smallest absolute Gasteiger partial charge is 0.0374 e. The molecule has 2 aliphatic heterocycles. The third kappa shape index (κ3) is 2.44. The number of nitrogens with one attached hydrogen (secondary N) is 1. The molecule has 0 spiro atoms. The summed E-state index contributed by atoms with van der Waals surface area (Å²) in [6.45, 7) is 5.82. The van der Waals surface area contributed by atoms with Gasteiger partial charge in [-0.25, -0.2) is 0 Å². The van der Waals surface area contributed by atoms with Crippen LogP contribution in [0, 0.1) is 5.92 Å². The van der Waals surface area contributed by atoms with E-state index in [1.807, 2.05) is 0 Å². The summed E-state index contributed by atoms with van der Waals surface area (Å²) in [4.78, 5) is 4.91. The van der Waals surface area contributed by atoms with E-state index in [0.717, 1.165) is 19.0 Å². The van der Waals surface area contributed by atoms with E-state index in [2.05, 4.69) is 54.3 Å². The molecule has 1 saturated heterocycles. The summed E-state index contributed by atoms with van der Waals surface area (Å²) in [5.41, 5.74) is 4.23. The summed E-state index contributed by atoms with van der Waals surface area (Å²) in [6, 6.07) is 7.61. The number of fused-ring (bicyclic) bond motifs is 1. The van der Waals surface area contributed by atoms with Crippen molar-refractivity contribution in [3.63, 3.8) is 0 Å². The van der Waals surface area contributed by atoms with Gasteiger partial charge in [0.2, 0.25) is 0 Å². The molecule has 0 saturated carbocycles. The minimum Gasteiger partial charge on any atom is -0.385 e. The molecule has 1 fully saturated rings. The highest BCUT2D eigenvalue weighted by atomic mass is 15.2. The molecule has 2 unspecified atom stereocenters. The maximum absolute atomic E-state index is 3.49. The molecule has 1 N–H and O–H groups in total. The molecular formula is C16H25N3. The fraction of sp³-hybridized carbons (Fsp3) is 0.625. The fourth-order valence-corrected chi connectivity index (χ4v) is 3.49. The lowest BCUT2D eigenvalue weighted by Gasteiger charge is -2.24. The van der Waals surface area contributed by atoms with Crippen LogP contribution in [0.3, 0.4) is 0 Å². The Labute approximate surface area is 116 Å². The topological polar surface area (TPSA) is 18.5 Å². The van der Waals surface area contributed by atoms with Gasteiger partial charge in [0.05, 0.1) is 0 Å². The molecule has 1 aromatic carbocycles. The first-order valence-electron chi connectivity index (χ1n) is 7.43. The molecule has 3 nitrogen and oxygen atoms in total. The molecule has 2 aliphatic rings. The van der Waals surface area contributed by atoms with Crippen molar-refractivity contribution >= 4 is 11.4 Å². The highest BCUT2D eigenvalue weighted by Crippen LogP contribution is 2.31. The van der Waals surface area contributed by atoms with Gasteiger partial charge in [-0.1, -0.05) is 6.92 Å². The van der Waals surface area contributed by atoms with E-state index in [0.29, 0.717) is 6.04 Å². The standard InChI is InChI=1S/C16H25N3/c1-12-10-19(11-16(12)18(2)3)14-6-7-15-13(9-14)5-4-8-17-15/h6-7,9,12,16-17H,4-5,8,10-11H2,1-3H3. The third-order valence-corrected chi connectivity index (χ3v) is 4.63. The monoisotopic (exact) mass is 259 g/mol. The summed E-state index contributed by atoms with van der Waals surface area (Å²) in [7, 11) is 4.39. The summed E-state index contributed by atoms with van der Waals surface area (Å²) >= 11 is 0. The SMILES string of the molecule is CC1CN(c2ccc3c(c2)CCCN3)CC1N(C)C. The van der Waals surface area contributed by atoms with E-state index in [-0.39, 0.29) is 0 Å². The molecule has 0 aromatic heterocycles. The van der Waals surface area contributed by atoms with Crippen LogP contribution < -0.4 is 10.2 Å². The van der Waals surface area contributed by atoms with Gasteiger partial charge in [-0.2, -0.15) is 0 Å². The Hall–Kier alpha value is -1.22. The van der Waals surface area contributed by atoms with Crippen LogP contribution in [0.25, 0.3) is 0 Å². The molecule has 19 heavy (non-hydrogen) atoms. The van der Waals surface area contributed by atoms with Crippen LogP contribution in [-0.2, 0) is 6.42 Å². The first kappa shape index (κ1) is 12.8. The van der Waals surface area contributed by atoms with Gasteiger partial charge in [-0.15, -0.1) is 0 Å². The molecular weight excluding hydrogens is 234 g/mol. The maximum Gasteiger partial charge on any atom is 0.0374 e. The molecule has 3 heteroatoms. The van der Waals surface area contributed by atoms with Gasteiger partial charge in [0, 0.05) is 37.1 Å². The van der Waals surface area contributed by atoms with Gasteiger partial charge >= 0.3 is 0 Å². The number of rotatable bonds is 2. The van der Waals surface area contributed by atoms with Gasteiger partial charge in [0.25, 0.3) is 0 Å². The van der Waals surface area contributed by atoms with E-state index >= 15 is 0 Å². The van der Waals surface area contributed by atoms with Gasteiger partial charge in [0.15, 0.2) is 0 Å². The molecule has 0 amide bonds. The number of nitrogens with zero attached hydrogens (tertiary/aromatic N) is 2. The Morgan fingerprint density at radius 2 is 2.11 bits per heavy atom. The van der Waals surface area contributed by atoms with E-state index in [1.54, 1.807) is 0 Å². The van der Waals surface area contributed by atoms with Crippen molar-refractivity contribution in [3.8, 4) is 0 Å². The summed E-state index contributed by atoms with van der Waals surface area (Å²) in [5, 5.41) is 3.49. The molecule has 3 rings (SSSR count). The minimum atomic E-state index is 0.675. The normalized spacial score (nSPS) is 26.4. The Morgan fingerprint density at radius 1 is 1.26 bits per heavy atom. The zero-order valence-corrected chi connectivity index (χ0v) is 12.3. The molecule has 2 atom stereocenters. The summed E-state index contributed by atoms with van der Waals surface area (Å²) in [6.07, 6.45) is 2.48. The zero-order chi connectivity index (χ0) is 13.4. The average Bonchev–Trinajstić information content (AvgIpc) is 2.80. The Bertz CT molecular complexity index is 455. The molecule has 104 valence electrons. The zero-order valence-electron chi connectivity index (χ0n) is 12.3. The number of benzene rings is 1. The van der Waals surface area contributed by atoms with Crippen LogP contribution in [0.15, 0.2) is 18.2 Å². The van der Waals surface area contributed by atoms with Gasteiger partial charge < -0.3 is 15.1 Å². The lowest BCUT2D eigenvalue weighted by atomic mass is 10.0. The van der Waals surface area contributed by atoms with Crippen LogP contribution in [0.4, 0.5) is 11.4 Å². The quantitative estimate of drug-likeness (QED) is 0.880. The van der Waals surface area contributed by atoms with Crippen molar-refractivity contribution in [2.75, 3.05) is 43.9 Å². The second-order valence-corrected chi connectivity index (χ2v) is 6.29. The van der Waals surface area contributed by atoms with E-state index < -0.39 is 0 Å². The first-order valence-corrected chi connectivity index (χ1v) is 7.43. The Morgan fingerprint density at radius 3 is 2.84 bits per heavy atom. The van der Waals surface area contributed by atoms with Crippen molar-refractivity contribution in [3.05, 3.63) is 23.8 Å². The number of hydrogen-bond donors (Lipinski definition) is 1. The van der Waals surface area contributed by atoms with E-state index in [4.69, 9.17) is 0 Å². The van der Waals surface area contributed by atoms with Gasteiger partial charge in [-0.3, -0.25) is 0 Å². The number of anilines is 2. The van der Waals surface area contributed by atoms with Crippen LogP contribution in [0.5, 0.6) is 0 Å². The average molecular weight is 259 g/mol. The fourth-order valence-electron chi connectivity index (χ4n) is 3.49. The largest absolute Gasteiger partial charge is 0.385 e. The van der Waals surface area contributed by atoms with E-state index in [9.17, 15) is 0 Å². The van der Waals surface area contributed by atoms with Crippen LogP contribution in [0.2, 0.25) is 0 Å². The third-order valence-electron chi connectivity index (χ3n) is 4.63. The summed E-state index contributed by atoms with van der Waals surface area (Å²) in [5.74, 6) is 0.740. The maximum atomic E-state index is 3.49. The van der Waals surface area contributed by atoms with Crippen molar-refractivity contribution in [2.45, 2.75) is 25.8 Å². The highest BCUT2D eigenvalue weighted by molar-refractivity contribution is 5.62. The molecule has 0 radical (unpaired) electrons. The predicted octanol–water partition coefficient (Wildman–Crippen LogP) is 2.43. The minimum absolute atomic E-state index is 0.675. The van der Waals surface area contributed by atoms with Crippen molar-refractivity contribution in [1.29, 1.82) is 0 Å². The number of aryl methyl sites for hydroxylation is 1. The van der Waals surface area contributed by atoms with Crippen molar-refractivity contribution < 1.29 is 0 Å².